The predicted octanol–water partition coefficient (Wildman–Crippen LogP) is 2.91. The Hall–Kier alpha value is -4.74. The molecule has 0 unspecified atom stereocenters. The summed E-state index contributed by atoms with van der Waals surface area (Å²) in [6.45, 7) is 13.4. The Labute approximate surface area is 231 Å². The summed E-state index contributed by atoms with van der Waals surface area (Å²) >= 11 is 0. The van der Waals surface area contributed by atoms with Gasteiger partial charge in [0.05, 0.1) is 23.1 Å². The van der Waals surface area contributed by atoms with Gasteiger partial charge in [0, 0.05) is 11.1 Å². The Kier molecular flexibility index (Phi) is 14.1. The maximum Gasteiger partial charge on any atom is 0.338 e. The summed E-state index contributed by atoms with van der Waals surface area (Å²) in [6.07, 6.45) is 0.0162. The Morgan fingerprint density at radius 1 is 0.525 bits per heavy atom. The van der Waals surface area contributed by atoms with E-state index < -0.39 is 35.8 Å². The van der Waals surface area contributed by atoms with Gasteiger partial charge in [-0.25, -0.2) is 24.0 Å². The zero-order valence-corrected chi connectivity index (χ0v) is 22.7. The number of carbonyl (C=O) groups excluding carboxylic acids is 6. The van der Waals surface area contributed by atoms with Gasteiger partial charge in [0.15, 0.2) is 0 Å². The second kappa shape index (κ2) is 17.0. The Morgan fingerprint density at radius 3 is 1.12 bits per heavy atom. The molecule has 0 saturated heterocycles. The minimum atomic E-state index is -0.931. The lowest BCUT2D eigenvalue weighted by Crippen LogP contribution is -2.18. The molecule has 0 aromatic heterocycles. The van der Waals surface area contributed by atoms with Crippen LogP contribution >= 0.6 is 0 Å². The van der Waals surface area contributed by atoms with E-state index in [2.05, 4.69) is 19.7 Å². The standard InChI is InChI=1S/C28H32O12/c1-17(2)13-23(29)35-7-8-38-26(32)20-14-21(27(33)39-11-9-36-24(30)18(3)4)16-22(15-20)28(34)40-12-10-37-25(31)19(5)6/h14-16H,1,3,5,7-13H2,2,4,6H3. The SMILES string of the molecule is C=C(C)CC(=O)OCCOC(=O)c1cc(C(=O)OCCOC(=O)C(=C)C)cc(C(=O)OCCOC(=O)C(=C)C)c1. The number of ether oxygens (including phenoxy) is 6. The van der Waals surface area contributed by atoms with Crippen LogP contribution in [0, 0.1) is 0 Å². The summed E-state index contributed by atoms with van der Waals surface area (Å²) in [7, 11) is 0. The van der Waals surface area contributed by atoms with E-state index in [9.17, 15) is 28.8 Å². The van der Waals surface area contributed by atoms with Crippen molar-refractivity contribution in [3.63, 3.8) is 0 Å². The Bertz CT molecular complexity index is 1110. The highest BCUT2D eigenvalue weighted by Gasteiger charge is 2.20. The van der Waals surface area contributed by atoms with Crippen LogP contribution in [0.1, 0.15) is 58.3 Å². The third-order valence-electron chi connectivity index (χ3n) is 4.46. The smallest absolute Gasteiger partial charge is 0.338 e. The molecule has 1 rings (SSSR count). The van der Waals surface area contributed by atoms with Crippen LogP contribution in [0.15, 0.2) is 54.7 Å². The molecule has 0 aliphatic rings. The highest BCUT2D eigenvalue weighted by molar-refractivity contribution is 6.00. The molecule has 216 valence electrons. The maximum absolute atomic E-state index is 12.6. The molecule has 0 bridgehead atoms. The van der Waals surface area contributed by atoms with Gasteiger partial charge in [-0.05, 0) is 39.0 Å². The first kappa shape index (κ1) is 33.3. The van der Waals surface area contributed by atoms with Crippen molar-refractivity contribution in [2.24, 2.45) is 0 Å². The van der Waals surface area contributed by atoms with E-state index in [1.807, 2.05) is 0 Å². The Morgan fingerprint density at radius 2 is 0.825 bits per heavy atom. The van der Waals surface area contributed by atoms with E-state index in [0.29, 0.717) is 5.57 Å². The van der Waals surface area contributed by atoms with Gasteiger partial charge < -0.3 is 28.4 Å². The third kappa shape index (κ3) is 12.7. The quantitative estimate of drug-likeness (QED) is 0.0958. The van der Waals surface area contributed by atoms with Crippen LogP contribution in [-0.2, 0) is 42.8 Å². The van der Waals surface area contributed by atoms with Gasteiger partial charge in [0.1, 0.15) is 39.6 Å². The number of rotatable bonds is 16. The number of carbonyl (C=O) groups is 6. The molecule has 0 fully saturated rings. The predicted molar refractivity (Wildman–Crippen MR) is 139 cm³/mol. The molecular formula is C28H32O12. The molecule has 1 aromatic rings. The number of esters is 6. The zero-order valence-electron chi connectivity index (χ0n) is 22.7. The molecule has 0 heterocycles. The van der Waals surface area contributed by atoms with Gasteiger partial charge in [0.25, 0.3) is 0 Å². The topological polar surface area (TPSA) is 158 Å². The van der Waals surface area contributed by atoms with Gasteiger partial charge in [-0.2, -0.15) is 0 Å². The van der Waals surface area contributed by atoms with Crippen LogP contribution in [-0.4, -0.2) is 75.5 Å². The van der Waals surface area contributed by atoms with Crippen LogP contribution in [0.2, 0.25) is 0 Å². The van der Waals surface area contributed by atoms with Gasteiger partial charge in [-0.15, -0.1) is 0 Å². The molecule has 12 heteroatoms. The van der Waals surface area contributed by atoms with Crippen molar-refractivity contribution in [3.8, 4) is 0 Å². The summed E-state index contributed by atoms with van der Waals surface area (Å²) in [5, 5.41) is 0. The summed E-state index contributed by atoms with van der Waals surface area (Å²) in [5.74, 6) is -4.65. The summed E-state index contributed by atoms with van der Waals surface area (Å²) in [5.41, 5.74) is 0.343. The molecule has 0 radical (unpaired) electrons. The van der Waals surface area contributed by atoms with E-state index >= 15 is 0 Å². The first-order chi connectivity index (χ1) is 18.8. The Balaban J connectivity index is 2.92. The summed E-state index contributed by atoms with van der Waals surface area (Å²) in [4.78, 5) is 72.2. The van der Waals surface area contributed by atoms with Crippen molar-refractivity contribution in [2.45, 2.75) is 27.2 Å². The molecule has 0 amide bonds. The third-order valence-corrected chi connectivity index (χ3v) is 4.46. The molecule has 0 aliphatic carbocycles. The second-order valence-corrected chi connectivity index (χ2v) is 8.39. The van der Waals surface area contributed by atoms with Crippen molar-refractivity contribution < 1.29 is 57.2 Å². The van der Waals surface area contributed by atoms with E-state index in [0.717, 1.165) is 18.2 Å². The fraction of sp³-hybridized carbons (Fsp3) is 0.357. The number of benzene rings is 1. The van der Waals surface area contributed by atoms with Crippen LogP contribution in [0.3, 0.4) is 0 Å². The van der Waals surface area contributed by atoms with Crippen LogP contribution in [0.5, 0.6) is 0 Å². The molecule has 0 spiro atoms. The van der Waals surface area contributed by atoms with E-state index in [-0.39, 0.29) is 73.9 Å². The van der Waals surface area contributed by atoms with Gasteiger partial charge in [0.2, 0.25) is 0 Å². The number of hydrogen-bond acceptors (Lipinski definition) is 12. The lowest BCUT2D eigenvalue weighted by atomic mass is 10.1. The van der Waals surface area contributed by atoms with Crippen LogP contribution in [0.25, 0.3) is 0 Å². The first-order valence-electron chi connectivity index (χ1n) is 11.9. The lowest BCUT2D eigenvalue weighted by molar-refractivity contribution is -0.144. The minimum Gasteiger partial charge on any atom is -0.462 e. The highest BCUT2D eigenvalue weighted by atomic mass is 16.6. The molecule has 0 saturated carbocycles. The molecule has 1 aromatic carbocycles. The lowest BCUT2D eigenvalue weighted by Gasteiger charge is -2.11. The first-order valence-corrected chi connectivity index (χ1v) is 11.9. The zero-order chi connectivity index (χ0) is 30.2. The van der Waals surface area contributed by atoms with Gasteiger partial charge in [-0.3, -0.25) is 4.79 Å². The van der Waals surface area contributed by atoms with Crippen LogP contribution in [0.4, 0.5) is 0 Å². The minimum absolute atomic E-state index is 0.0162. The van der Waals surface area contributed by atoms with E-state index in [4.69, 9.17) is 28.4 Å². The molecule has 0 atom stereocenters. The fourth-order valence-corrected chi connectivity index (χ4v) is 2.60. The fourth-order valence-electron chi connectivity index (χ4n) is 2.60. The summed E-state index contributed by atoms with van der Waals surface area (Å²) < 4.78 is 29.8. The van der Waals surface area contributed by atoms with E-state index in [1.54, 1.807) is 6.92 Å². The average Bonchev–Trinajstić information content (AvgIpc) is 2.89. The van der Waals surface area contributed by atoms with Gasteiger partial charge >= 0.3 is 35.8 Å². The van der Waals surface area contributed by atoms with Crippen molar-refractivity contribution >= 4 is 35.8 Å². The maximum atomic E-state index is 12.6. The van der Waals surface area contributed by atoms with E-state index in [1.165, 1.54) is 13.8 Å². The normalized spacial score (nSPS) is 9.97. The van der Waals surface area contributed by atoms with Crippen molar-refractivity contribution in [1.82, 2.24) is 0 Å². The molecule has 12 nitrogen and oxygen atoms in total. The van der Waals surface area contributed by atoms with Crippen LogP contribution < -0.4 is 0 Å². The largest absolute Gasteiger partial charge is 0.462 e. The molecule has 40 heavy (non-hydrogen) atoms. The monoisotopic (exact) mass is 560 g/mol. The van der Waals surface area contributed by atoms with Crippen molar-refractivity contribution in [3.05, 3.63) is 71.3 Å². The molecule has 0 aliphatic heterocycles. The average molecular weight is 561 g/mol. The second-order valence-electron chi connectivity index (χ2n) is 8.39. The van der Waals surface area contributed by atoms with Crippen molar-refractivity contribution in [1.29, 1.82) is 0 Å². The van der Waals surface area contributed by atoms with Crippen molar-refractivity contribution in [2.75, 3.05) is 39.6 Å². The molecule has 0 N–H and O–H groups in total. The molecular weight excluding hydrogens is 528 g/mol. The highest BCUT2D eigenvalue weighted by Crippen LogP contribution is 2.15. The number of hydrogen-bond donors (Lipinski definition) is 0. The van der Waals surface area contributed by atoms with Gasteiger partial charge in [-0.1, -0.05) is 25.3 Å². The summed E-state index contributed by atoms with van der Waals surface area (Å²) in [6, 6.07) is 3.38.